The van der Waals surface area contributed by atoms with E-state index in [1.54, 1.807) is 31.5 Å². The second-order valence-corrected chi connectivity index (χ2v) is 4.69. The van der Waals surface area contributed by atoms with Crippen molar-refractivity contribution >= 4 is 16.9 Å². The molecule has 0 aliphatic carbocycles. The van der Waals surface area contributed by atoms with Gasteiger partial charge in [-0.05, 0) is 17.7 Å². The predicted molar refractivity (Wildman–Crippen MR) is 78.5 cm³/mol. The molecular formula is C16H14N2O3. The summed E-state index contributed by atoms with van der Waals surface area (Å²) < 4.78 is 6.63. The number of aromatic nitrogens is 2. The van der Waals surface area contributed by atoms with Crippen molar-refractivity contribution in [2.75, 3.05) is 7.11 Å². The van der Waals surface area contributed by atoms with Crippen LogP contribution in [0.25, 0.3) is 10.9 Å². The summed E-state index contributed by atoms with van der Waals surface area (Å²) in [7, 11) is 1.59. The molecular weight excluding hydrogens is 268 g/mol. The molecule has 0 saturated heterocycles. The fourth-order valence-corrected chi connectivity index (χ4v) is 2.32. The lowest BCUT2D eigenvalue weighted by Crippen LogP contribution is -2.20. The van der Waals surface area contributed by atoms with E-state index in [0.717, 1.165) is 5.39 Å². The molecule has 0 aliphatic rings. The van der Waals surface area contributed by atoms with Gasteiger partial charge in [0.25, 0.3) is 0 Å². The molecule has 106 valence electrons. The SMILES string of the molecule is COc1ccc2cn([C@@H](C(=O)O)c3ccccc3)nc2c1. The van der Waals surface area contributed by atoms with Crippen LogP contribution in [-0.4, -0.2) is 28.0 Å². The Balaban J connectivity index is 2.10. The molecule has 0 radical (unpaired) electrons. The average molecular weight is 282 g/mol. The van der Waals surface area contributed by atoms with Crippen LogP contribution in [0.1, 0.15) is 11.6 Å². The first-order valence-corrected chi connectivity index (χ1v) is 6.49. The lowest BCUT2D eigenvalue weighted by molar-refractivity contribution is -0.139. The molecule has 0 fully saturated rings. The van der Waals surface area contributed by atoms with E-state index in [1.165, 1.54) is 4.68 Å². The summed E-state index contributed by atoms with van der Waals surface area (Å²) in [6.07, 6.45) is 1.74. The standard InChI is InChI=1S/C16H14N2O3/c1-21-13-8-7-12-10-18(17-14(12)9-13)15(16(19)20)11-5-3-2-4-6-11/h2-10,15H,1H3,(H,19,20)/t15-/m1/s1. The summed E-state index contributed by atoms with van der Waals surface area (Å²) in [4.78, 5) is 11.6. The summed E-state index contributed by atoms with van der Waals surface area (Å²) in [6, 6.07) is 13.7. The molecule has 1 atom stereocenters. The molecule has 21 heavy (non-hydrogen) atoms. The van der Waals surface area contributed by atoms with Crippen molar-refractivity contribution < 1.29 is 14.6 Å². The van der Waals surface area contributed by atoms with E-state index >= 15 is 0 Å². The minimum Gasteiger partial charge on any atom is -0.497 e. The van der Waals surface area contributed by atoms with Crippen LogP contribution in [0, 0.1) is 0 Å². The van der Waals surface area contributed by atoms with Crippen molar-refractivity contribution in [3.05, 3.63) is 60.3 Å². The van der Waals surface area contributed by atoms with Gasteiger partial charge in [0.1, 0.15) is 5.75 Å². The summed E-state index contributed by atoms with van der Waals surface area (Å²) in [5.41, 5.74) is 1.39. The Bertz CT molecular complexity index is 781. The highest BCUT2D eigenvalue weighted by atomic mass is 16.5. The molecule has 3 rings (SSSR count). The second kappa shape index (κ2) is 5.28. The molecule has 0 amide bonds. The maximum atomic E-state index is 11.6. The van der Waals surface area contributed by atoms with Crippen LogP contribution in [0.3, 0.4) is 0 Å². The highest BCUT2D eigenvalue weighted by Gasteiger charge is 2.22. The molecule has 1 N–H and O–H groups in total. The van der Waals surface area contributed by atoms with Crippen molar-refractivity contribution in [3.8, 4) is 5.75 Å². The number of hydrogen-bond acceptors (Lipinski definition) is 3. The molecule has 0 aliphatic heterocycles. The Kier molecular flexibility index (Phi) is 3.31. The molecule has 3 aromatic rings. The Morgan fingerprint density at radius 2 is 2.00 bits per heavy atom. The van der Waals surface area contributed by atoms with Crippen molar-refractivity contribution in [1.82, 2.24) is 9.78 Å². The van der Waals surface area contributed by atoms with Crippen LogP contribution >= 0.6 is 0 Å². The number of carboxylic acid groups (broad SMARTS) is 1. The van der Waals surface area contributed by atoms with Crippen molar-refractivity contribution in [3.63, 3.8) is 0 Å². The van der Waals surface area contributed by atoms with Gasteiger partial charge in [-0.25, -0.2) is 4.79 Å². The molecule has 0 saturated carbocycles. The molecule has 0 unspecified atom stereocenters. The molecule has 0 spiro atoms. The zero-order valence-electron chi connectivity index (χ0n) is 11.4. The fraction of sp³-hybridized carbons (Fsp3) is 0.125. The van der Waals surface area contributed by atoms with E-state index in [1.807, 2.05) is 30.3 Å². The largest absolute Gasteiger partial charge is 0.497 e. The Labute approximate surface area is 121 Å². The van der Waals surface area contributed by atoms with Gasteiger partial charge in [-0.1, -0.05) is 30.3 Å². The van der Waals surface area contributed by atoms with E-state index in [-0.39, 0.29) is 0 Å². The van der Waals surface area contributed by atoms with Gasteiger partial charge in [-0.15, -0.1) is 0 Å². The quantitative estimate of drug-likeness (QED) is 0.799. The lowest BCUT2D eigenvalue weighted by Gasteiger charge is -2.12. The van der Waals surface area contributed by atoms with Gasteiger partial charge < -0.3 is 9.84 Å². The van der Waals surface area contributed by atoms with E-state index < -0.39 is 12.0 Å². The minimum absolute atomic E-state index is 0.685. The number of nitrogens with zero attached hydrogens (tertiary/aromatic N) is 2. The average Bonchev–Trinajstić information content (AvgIpc) is 2.90. The number of benzene rings is 2. The molecule has 1 heterocycles. The van der Waals surface area contributed by atoms with Crippen LogP contribution in [-0.2, 0) is 4.79 Å². The van der Waals surface area contributed by atoms with Crippen molar-refractivity contribution in [2.24, 2.45) is 0 Å². The predicted octanol–water partition coefficient (Wildman–Crippen LogP) is 2.72. The topological polar surface area (TPSA) is 64.3 Å². The van der Waals surface area contributed by atoms with Gasteiger partial charge in [0.15, 0.2) is 6.04 Å². The van der Waals surface area contributed by atoms with E-state index in [9.17, 15) is 9.90 Å². The maximum Gasteiger partial charge on any atom is 0.333 e. The summed E-state index contributed by atoms with van der Waals surface area (Å²) >= 11 is 0. The van der Waals surface area contributed by atoms with Gasteiger partial charge in [0, 0.05) is 17.6 Å². The van der Waals surface area contributed by atoms with E-state index in [4.69, 9.17) is 4.74 Å². The number of rotatable bonds is 4. The van der Waals surface area contributed by atoms with Gasteiger partial charge in [-0.3, -0.25) is 4.68 Å². The fourth-order valence-electron chi connectivity index (χ4n) is 2.32. The smallest absolute Gasteiger partial charge is 0.333 e. The number of ether oxygens (including phenoxy) is 1. The Morgan fingerprint density at radius 3 is 2.67 bits per heavy atom. The summed E-state index contributed by atoms with van der Waals surface area (Å²) in [5.74, 6) is -0.250. The van der Waals surface area contributed by atoms with Crippen LogP contribution in [0.15, 0.2) is 54.7 Å². The van der Waals surface area contributed by atoms with E-state index in [0.29, 0.717) is 16.8 Å². The molecule has 1 aromatic heterocycles. The number of methoxy groups -OCH3 is 1. The molecule has 2 aromatic carbocycles. The van der Waals surface area contributed by atoms with Crippen LogP contribution in [0.5, 0.6) is 5.75 Å². The Hall–Kier alpha value is -2.82. The number of fused-ring (bicyclic) bond motifs is 1. The normalized spacial score (nSPS) is 12.2. The zero-order valence-corrected chi connectivity index (χ0v) is 11.4. The molecule has 5 heteroatoms. The number of hydrogen-bond donors (Lipinski definition) is 1. The van der Waals surface area contributed by atoms with Gasteiger partial charge in [-0.2, -0.15) is 5.10 Å². The van der Waals surface area contributed by atoms with E-state index in [2.05, 4.69) is 5.10 Å². The third kappa shape index (κ3) is 2.45. The Morgan fingerprint density at radius 1 is 1.24 bits per heavy atom. The second-order valence-electron chi connectivity index (χ2n) is 4.69. The van der Waals surface area contributed by atoms with Crippen LogP contribution in [0.4, 0.5) is 0 Å². The van der Waals surface area contributed by atoms with Gasteiger partial charge in [0.2, 0.25) is 0 Å². The number of carbonyl (C=O) groups is 1. The maximum absolute atomic E-state index is 11.6. The number of carboxylic acids is 1. The minimum atomic E-state index is -0.944. The molecule has 5 nitrogen and oxygen atoms in total. The first-order valence-electron chi connectivity index (χ1n) is 6.49. The highest BCUT2D eigenvalue weighted by molar-refractivity contribution is 5.81. The zero-order chi connectivity index (χ0) is 14.8. The third-order valence-corrected chi connectivity index (χ3v) is 3.35. The summed E-state index contributed by atoms with van der Waals surface area (Å²) in [5, 5.41) is 14.8. The van der Waals surface area contributed by atoms with Gasteiger partial charge in [0.05, 0.1) is 12.6 Å². The number of aliphatic carboxylic acids is 1. The van der Waals surface area contributed by atoms with Crippen LogP contribution in [0.2, 0.25) is 0 Å². The third-order valence-electron chi connectivity index (χ3n) is 3.35. The molecule has 0 bridgehead atoms. The lowest BCUT2D eigenvalue weighted by atomic mass is 10.1. The first-order chi connectivity index (χ1) is 10.2. The van der Waals surface area contributed by atoms with Crippen molar-refractivity contribution in [1.29, 1.82) is 0 Å². The first kappa shape index (κ1) is 13.2. The highest BCUT2D eigenvalue weighted by Crippen LogP contribution is 2.24. The monoisotopic (exact) mass is 282 g/mol. The summed E-state index contributed by atoms with van der Waals surface area (Å²) in [6.45, 7) is 0. The van der Waals surface area contributed by atoms with Crippen LogP contribution < -0.4 is 4.74 Å². The van der Waals surface area contributed by atoms with Crippen molar-refractivity contribution in [2.45, 2.75) is 6.04 Å². The van der Waals surface area contributed by atoms with Gasteiger partial charge >= 0.3 is 5.97 Å².